The van der Waals surface area contributed by atoms with Crippen molar-refractivity contribution in [2.45, 2.75) is 45.8 Å². The summed E-state index contributed by atoms with van der Waals surface area (Å²) in [5.74, 6) is 0. The van der Waals surface area contributed by atoms with E-state index in [0.717, 1.165) is 6.42 Å². The fourth-order valence-corrected chi connectivity index (χ4v) is 3.23. The van der Waals surface area contributed by atoms with Gasteiger partial charge in [0.2, 0.25) is 0 Å². The number of aliphatic hydroxyl groups excluding tert-OH is 1. The van der Waals surface area contributed by atoms with Crippen LogP contribution in [0.15, 0.2) is 0 Å². The van der Waals surface area contributed by atoms with Crippen molar-refractivity contribution in [1.29, 1.82) is 0 Å². The lowest BCUT2D eigenvalue weighted by Gasteiger charge is -2.44. The Morgan fingerprint density at radius 2 is 2.07 bits per heavy atom. The van der Waals surface area contributed by atoms with Crippen LogP contribution in [0.4, 0.5) is 4.79 Å². The van der Waals surface area contributed by atoms with Gasteiger partial charge in [0, 0.05) is 18.0 Å². The van der Waals surface area contributed by atoms with Crippen LogP contribution >= 0.6 is 0 Å². The average molecular weight is 213 g/mol. The highest BCUT2D eigenvalue weighted by Gasteiger charge is 2.61. The molecule has 2 bridgehead atoms. The van der Waals surface area contributed by atoms with Crippen molar-refractivity contribution in [1.82, 2.24) is 4.90 Å². The summed E-state index contributed by atoms with van der Waals surface area (Å²) < 4.78 is 0. The van der Waals surface area contributed by atoms with E-state index in [0.29, 0.717) is 13.0 Å². The summed E-state index contributed by atoms with van der Waals surface area (Å²) in [4.78, 5) is 12.5. The highest BCUT2D eigenvalue weighted by atomic mass is 16.4. The number of aliphatic hydroxyl groups is 1. The van der Waals surface area contributed by atoms with Crippen LogP contribution in [0.5, 0.6) is 0 Å². The number of likely N-dealkylation sites (tertiary alicyclic amines) is 1. The second-order valence-corrected chi connectivity index (χ2v) is 5.93. The molecule has 1 aliphatic heterocycles. The van der Waals surface area contributed by atoms with E-state index in [4.69, 9.17) is 5.11 Å². The van der Waals surface area contributed by atoms with Gasteiger partial charge in [-0.1, -0.05) is 20.8 Å². The molecule has 2 fully saturated rings. The third-order valence-corrected chi connectivity index (χ3v) is 4.37. The number of hydrogen-bond acceptors (Lipinski definition) is 2. The van der Waals surface area contributed by atoms with E-state index in [1.807, 2.05) is 0 Å². The maximum atomic E-state index is 11.0. The molecule has 0 aromatic carbocycles. The van der Waals surface area contributed by atoms with E-state index in [2.05, 4.69) is 20.8 Å². The van der Waals surface area contributed by atoms with Crippen molar-refractivity contribution in [3.8, 4) is 0 Å². The van der Waals surface area contributed by atoms with Crippen LogP contribution < -0.4 is 0 Å². The van der Waals surface area contributed by atoms with E-state index in [9.17, 15) is 9.90 Å². The van der Waals surface area contributed by atoms with Crippen molar-refractivity contribution in [3.05, 3.63) is 0 Å². The van der Waals surface area contributed by atoms with Gasteiger partial charge in [0.15, 0.2) is 0 Å². The topological polar surface area (TPSA) is 60.8 Å². The molecular formula is C11H19NO3. The molecule has 1 saturated heterocycles. The lowest BCUT2D eigenvalue weighted by molar-refractivity contribution is -0.0468. The first-order chi connectivity index (χ1) is 6.78. The Morgan fingerprint density at radius 1 is 1.47 bits per heavy atom. The molecule has 0 aromatic heterocycles. The molecule has 2 aliphatic rings. The number of hydrogen-bond donors (Lipinski definition) is 2. The van der Waals surface area contributed by atoms with Gasteiger partial charge in [-0.05, 0) is 18.3 Å². The van der Waals surface area contributed by atoms with Crippen LogP contribution in [0.2, 0.25) is 0 Å². The van der Waals surface area contributed by atoms with E-state index in [1.165, 1.54) is 4.90 Å². The summed E-state index contributed by atoms with van der Waals surface area (Å²) >= 11 is 0. The predicted molar refractivity (Wildman–Crippen MR) is 55.6 cm³/mol. The summed E-state index contributed by atoms with van der Waals surface area (Å²) in [5, 5.41) is 19.1. The number of rotatable bonds is 0. The maximum absolute atomic E-state index is 11.0. The molecule has 0 aromatic rings. The lowest BCUT2D eigenvalue weighted by atomic mass is 9.64. The first-order valence-electron chi connectivity index (χ1n) is 5.45. The highest BCUT2D eigenvalue weighted by Crippen LogP contribution is 2.57. The number of nitrogens with zero attached hydrogens (tertiary/aromatic N) is 1. The third-order valence-electron chi connectivity index (χ3n) is 4.37. The van der Waals surface area contributed by atoms with Gasteiger partial charge in [0.1, 0.15) is 0 Å². The van der Waals surface area contributed by atoms with Crippen molar-refractivity contribution in [2.75, 3.05) is 6.54 Å². The summed E-state index contributed by atoms with van der Waals surface area (Å²) in [5.41, 5.74) is -0.290. The molecule has 0 spiro atoms. The molecule has 4 heteroatoms. The van der Waals surface area contributed by atoms with Crippen molar-refractivity contribution < 1.29 is 15.0 Å². The van der Waals surface area contributed by atoms with Crippen molar-refractivity contribution >= 4 is 6.09 Å². The van der Waals surface area contributed by atoms with Crippen LogP contribution in [0.1, 0.15) is 33.6 Å². The summed E-state index contributed by atoms with van der Waals surface area (Å²) in [6, 6.07) is 0.0247. The SMILES string of the molecule is CC(C)(C)[C@]12C[C@@H](CC1O)N(C(=O)O)C2. The number of amides is 1. The maximum Gasteiger partial charge on any atom is 0.407 e. The van der Waals surface area contributed by atoms with Gasteiger partial charge in [-0.25, -0.2) is 4.79 Å². The Hall–Kier alpha value is -0.770. The standard InChI is InChI=1S/C11H19NO3/c1-10(2,3)11-5-7(4-8(11)13)12(6-11)9(14)15/h7-8,13H,4-6H2,1-3H3,(H,14,15)/t7-,8?,11+/m1/s1. The number of carboxylic acid groups (broad SMARTS) is 1. The predicted octanol–water partition coefficient (Wildman–Crippen LogP) is 1.54. The van der Waals surface area contributed by atoms with E-state index >= 15 is 0 Å². The first-order valence-corrected chi connectivity index (χ1v) is 5.45. The van der Waals surface area contributed by atoms with Crippen LogP contribution in [0.3, 0.4) is 0 Å². The number of carbonyl (C=O) groups is 1. The van der Waals surface area contributed by atoms with Gasteiger partial charge in [-0.3, -0.25) is 0 Å². The van der Waals surface area contributed by atoms with Gasteiger partial charge >= 0.3 is 6.09 Å². The Bertz CT molecular complexity index is 297. The first kappa shape index (κ1) is 10.7. The zero-order valence-electron chi connectivity index (χ0n) is 9.53. The quantitative estimate of drug-likeness (QED) is 0.641. The smallest absolute Gasteiger partial charge is 0.407 e. The molecule has 0 radical (unpaired) electrons. The molecule has 1 unspecified atom stereocenters. The molecule has 1 aliphatic carbocycles. The third kappa shape index (κ3) is 1.27. The van der Waals surface area contributed by atoms with E-state index in [-0.39, 0.29) is 23.0 Å². The molecule has 3 atom stereocenters. The van der Waals surface area contributed by atoms with Crippen LogP contribution in [0, 0.1) is 10.8 Å². The molecule has 1 saturated carbocycles. The van der Waals surface area contributed by atoms with Gasteiger partial charge in [0.05, 0.1) is 6.10 Å². The minimum Gasteiger partial charge on any atom is -0.465 e. The largest absolute Gasteiger partial charge is 0.465 e. The second-order valence-electron chi connectivity index (χ2n) is 5.93. The van der Waals surface area contributed by atoms with Gasteiger partial charge in [0.25, 0.3) is 0 Å². The molecule has 2 N–H and O–H groups in total. The number of fused-ring (bicyclic) bond motifs is 2. The Labute approximate surface area is 89.9 Å². The number of piperidine rings is 1. The molecule has 1 heterocycles. The van der Waals surface area contributed by atoms with Crippen LogP contribution in [-0.4, -0.2) is 39.9 Å². The van der Waals surface area contributed by atoms with Crippen molar-refractivity contribution in [3.63, 3.8) is 0 Å². The second kappa shape index (κ2) is 2.88. The Morgan fingerprint density at radius 3 is 2.47 bits per heavy atom. The Balaban J connectivity index is 2.31. The van der Waals surface area contributed by atoms with E-state index in [1.54, 1.807) is 0 Å². The molecule has 15 heavy (non-hydrogen) atoms. The normalized spacial score (nSPS) is 39.9. The average Bonchev–Trinajstić information content (AvgIpc) is 2.56. The fourth-order valence-electron chi connectivity index (χ4n) is 3.23. The molecule has 1 amide bonds. The molecule has 86 valence electrons. The van der Waals surface area contributed by atoms with Crippen LogP contribution in [0.25, 0.3) is 0 Å². The fraction of sp³-hybridized carbons (Fsp3) is 0.909. The lowest BCUT2D eigenvalue weighted by Crippen LogP contribution is -2.50. The zero-order chi connectivity index (χ0) is 11.4. The zero-order valence-corrected chi connectivity index (χ0v) is 9.53. The minimum absolute atomic E-state index is 0.0247. The summed E-state index contributed by atoms with van der Waals surface area (Å²) in [6.45, 7) is 6.75. The molecular weight excluding hydrogens is 194 g/mol. The monoisotopic (exact) mass is 213 g/mol. The minimum atomic E-state index is -0.849. The van der Waals surface area contributed by atoms with E-state index < -0.39 is 6.09 Å². The highest BCUT2D eigenvalue weighted by molar-refractivity contribution is 5.66. The van der Waals surface area contributed by atoms with Gasteiger partial charge in [-0.2, -0.15) is 0 Å². The van der Waals surface area contributed by atoms with Crippen LogP contribution in [-0.2, 0) is 0 Å². The van der Waals surface area contributed by atoms with Gasteiger partial charge < -0.3 is 15.1 Å². The van der Waals surface area contributed by atoms with Gasteiger partial charge in [-0.15, -0.1) is 0 Å². The molecule has 2 rings (SSSR count). The summed E-state index contributed by atoms with van der Waals surface area (Å²) in [6.07, 6.45) is 0.212. The van der Waals surface area contributed by atoms with Crippen molar-refractivity contribution in [2.24, 2.45) is 10.8 Å². The summed E-state index contributed by atoms with van der Waals surface area (Å²) in [7, 11) is 0. The molecule has 4 nitrogen and oxygen atoms in total. The Kier molecular flexibility index (Phi) is 2.06.